The second-order valence-electron chi connectivity index (χ2n) is 6.46. The predicted molar refractivity (Wildman–Crippen MR) is 109 cm³/mol. The number of nitrogens with one attached hydrogen (secondary N) is 1. The highest BCUT2D eigenvalue weighted by molar-refractivity contribution is 7.91. The maximum atomic E-state index is 12.4. The lowest BCUT2D eigenvalue weighted by Crippen LogP contribution is -2.39. The van der Waals surface area contributed by atoms with Gasteiger partial charge >= 0.3 is 5.97 Å². The molecule has 0 aliphatic carbocycles. The van der Waals surface area contributed by atoms with Crippen LogP contribution in [0.25, 0.3) is 0 Å². The SMILES string of the molecule is COc1cc2c(cc1OC)CN(C(=O)COC(=O)CNS(=O)(=O)c1cccs1)CC2. The molecular weight excluding hydrogens is 432 g/mol. The smallest absolute Gasteiger partial charge is 0.321 e. The average molecular weight is 455 g/mol. The molecule has 3 rings (SSSR count). The van der Waals surface area contributed by atoms with Crippen LogP contribution in [0.3, 0.4) is 0 Å². The molecule has 1 aliphatic heterocycles. The number of hydrogen-bond acceptors (Lipinski definition) is 8. The summed E-state index contributed by atoms with van der Waals surface area (Å²) in [6, 6.07) is 6.76. The highest BCUT2D eigenvalue weighted by Gasteiger charge is 2.24. The summed E-state index contributed by atoms with van der Waals surface area (Å²) in [5, 5.41) is 1.62. The predicted octanol–water partition coefficient (Wildman–Crippen LogP) is 1.17. The van der Waals surface area contributed by atoms with Crippen LogP contribution < -0.4 is 14.2 Å². The number of ether oxygens (including phenoxy) is 3. The Kier molecular flexibility index (Phi) is 6.95. The number of amides is 1. The summed E-state index contributed by atoms with van der Waals surface area (Å²) in [7, 11) is -0.656. The fraction of sp³-hybridized carbons (Fsp3) is 0.368. The summed E-state index contributed by atoms with van der Waals surface area (Å²) in [5.41, 5.74) is 2.00. The van der Waals surface area contributed by atoms with E-state index < -0.39 is 29.1 Å². The van der Waals surface area contributed by atoms with Gasteiger partial charge < -0.3 is 19.1 Å². The summed E-state index contributed by atoms with van der Waals surface area (Å²) in [4.78, 5) is 25.9. The standard InChI is InChI=1S/C19H22N2O7S2/c1-26-15-8-13-5-6-21(11-14(13)9-16(15)27-2)17(22)12-28-18(23)10-20-30(24,25)19-4-3-7-29-19/h3-4,7-9,20H,5-6,10-12H2,1-2H3. The van der Waals surface area contributed by atoms with E-state index >= 15 is 0 Å². The van der Waals surface area contributed by atoms with Crippen LogP contribution in [-0.4, -0.2) is 59.1 Å². The molecule has 0 bridgehead atoms. The minimum absolute atomic E-state index is 0.102. The number of rotatable bonds is 8. The van der Waals surface area contributed by atoms with Crippen molar-refractivity contribution in [1.82, 2.24) is 9.62 Å². The van der Waals surface area contributed by atoms with Gasteiger partial charge in [-0.1, -0.05) is 6.07 Å². The zero-order valence-corrected chi connectivity index (χ0v) is 18.2. The van der Waals surface area contributed by atoms with Crippen LogP contribution in [-0.2, 0) is 37.3 Å². The number of fused-ring (bicyclic) bond motifs is 1. The third kappa shape index (κ3) is 5.10. The molecule has 2 aromatic rings. The molecule has 0 saturated heterocycles. The molecule has 1 aromatic carbocycles. The molecule has 1 amide bonds. The Bertz CT molecular complexity index is 1020. The molecule has 11 heteroatoms. The van der Waals surface area contributed by atoms with Gasteiger partial charge in [-0.05, 0) is 41.1 Å². The van der Waals surface area contributed by atoms with E-state index in [4.69, 9.17) is 14.2 Å². The first-order valence-corrected chi connectivity index (χ1v) is 11.4. The van der Waals surface area contributed by atoms with E-state index in [9.17, 15) is 18.0 Å². The molecule has 0 saturated carbocycles. The van der Waals surface area contributed by atoms with E-state index in [0.717, 1.165) is 22.5 Å². The zero-order chi connectivity index (χ0) is 21.7. The van der Waals surface area contributed by atoms with Gasteiger partial charge in [0.25, 0.3) is 15.9 Å². The molecule has 0 spiro atoms. The fourth-order valence-corrected chi connectivity index (χ4v) is 5.03. The number of thiophene rings is 1. The summed E-state index contributed by atoms with van der Waals surface area (Å²) >= 11 is 1.04. The van der Waals surface area contributed by atoms with Crippen LogP contribution >= 0.6 is 11.3 Å². The molecule has 1 N–H and O–H groups in total. The van der Waals surface area contributed by atoms with Crippen LogP contribution in [0, 0.1) is 0 Å². The van der Waals surface area contributed by atoms with Gasteiger partial charge in [0.1, 0.15) is 10.8 Å². The Labute approximate surface area is 178 Å². The van der Waals surface area contributed by atoms with Crippen molar-refractivity contribution in [3.63, 3.8) is 0 Å². The molecule has 9 nitrogen and oxygen atoms in total. The number of sulfonamides is 1. The maximum Gasteiger partial charge on any atom is 0.321 e. The fourth-order valence-electron chi connectivity index (χ4n) is 3.02. The summed E-state index contributed by atoms with van der Waals surface area (Å²) in [6.07, 6.45) is 0.635. The number of hydrogen-bond donors (Lipinski definition) is 1. The number of carbonyl (C=O) groups excluding carboxylic acids is 2. The number of carbonyl (C=O) groups is 2. The first-order chi connectivity index (χ1) is 14.3. The number of methoxy groups -OCH3 is 2. The second-order valence-corrected chi connectivity index (χ2v) is 9.40. The Morgan fingerprint density at radius 1 is 1.17 bits per heavy atom. The minimum atomic E-state index is -3.77. The van der Waals surface area contributed by atoms with Gasteiger partial charge in [0.05, 0.1) is 14.2 Å². The molecular formula is C19H22N2O7S2. The van der Waals surface area contributed by atoms with Gasteiger partial charge in [-0.25, -0.2) is 8.42 Å². The molecule has 30 heavy (non-hydrogen) atoms. The lowest BCUT2D eigenvalue weighted by Gasteiger charge is -2.29. The van der Waals surface area contributed by atoms with Gasteiger partial charge in [-0.2, -0.15) is 4.72 Å². The molecule has 1 aliphatic rings. The monoisotopic (exact) mass is 454 g/mol. The van der Waals surface area contributed by atoms with E-state index in [1.165, 1.54) is 6.07 Å². The molecule has 0 atom stereocenters. The average Bonchev–Trinajstić information content (AvgIpc) is 3.30. The van der Waals surface area contributed by atoms with Gasteiger partial charge in [-0.15, -0.1) is 11.3 Å². The molecule has 162 valence electrons. The second kappa shape index (κ2) is 9.45. The van der Waals surface area contributed by atoms with Crippen LogP contribution in [0.15, 0.2) is 33.9 Å². The van der Waals surface area contributed by atoms with E-state index in [-0.39, 0.29) is 10.1 Å². The molecule has 1 aromatic heterocycles. The normalized spacial score (nSPS) is 13.5. The number of benzene rings is 1. The maximum absolute atomic E-state index is 12.4. The first-order valence-electron chi connectivity index (χ1n) is 9.04. The molecule has 0 fully saturated rings. The van der Waals surface area contributed by atoms with Gasteiger partial charge in [0.2, 0.25) is 0 Å². The van der Waals surface area contributed by atoms with Gasteiger partial charge in [0, 0.05) is 13.1 Å². The van der Waals surface area contributed by atoms with Crippen molar-refractivity contribution in [1.29, 1.82) is 0 Å². The lowest BCUT2D eigenvalue weighted by atomic mass is 9.99. The Hall–Kier alpha value is -2.63. The van der Waals surface area contributed by atoms with Crippen molar-refractivity contribution in [2.45, 2.75) is 17.2 Å². The summed E-state index contributed by atoms with van der Waals surface area (Å²) in [5.74, 6) is 0.0298. The minimum Gasteiger partial charge on any atom is -0.493 e. The summed E-state index contributed by atoms with van der Waals surface area (Å²) < 4.78 is 41.8. The van der Waals surface area contributed by atoms with E-state index in [2.05, 4.69) is 4.72 Å². The number of esters is 1. The topological polar surface area (TPSA) is 111 Å². The van der Waals surface area contributed by atoms with Crippen molar-refractivity contribution < 1.29 is 32.2 Å². The third-order valence-corrected chi connectivity index (χ3v) is 7.39. The van der Waals surface area contributed by atoms with Crippen LogP contribution in [0.5, 0.6) is 11.5 Å². The Morgan fingerprint density at radius 3 is 2.50 bits per heavy atom. The van der Waals surface area contributed by atoms with Crippen molar-refractivity contribution in [2.75, 3.05) is 33.9 Å². The van der Waals surface area contributed by atoms with E-state index in [1.807, 2.05) is 12.1 Å². The molecule has 0 unspecified atom stereocenters. The van der Waals surface area contributed by atoms with E-state index in [0.29, 0.717) is 31.0 Å². The summed E-state index contributed by atoms with van der Waals surface area (Å²) in [6.45, 7) is -0.170. The van der Waals surface area contributed by atoms with Crippen molar-refractivity contribution in [3.05, 3.63) is 40.8 Å². The molecule has 0 radical (unpaired) electrons. The van der Waals surface area contributed by atoms with E-state index in [1.54, 1.807) is 30.6 Å². The van der Waals surface area contributed by atoms with Crippen molar-refractivity contribution in [2.24, 2.45) is 0 Å². The highest BCUT2D eigenvalue weighted by atomic mass is 32.2. The quantitative estimate of drug-likeness (QED) is 0.596. The Morgan fingerprint density at radius 2 is 1.87 bits per heavy atom. The van der Waals surface area contributed by atoms with Gasteiger partial charge in [0.15, 0.2) is 18.1 Å². The third-order valence-electron chi connectivity index (χ3n) is 4.59. The highest BCUT2D eigenvalue weighted by Crippen LogP contribution is 2.33. The van der Waals surface area contributed by atoms with Crippen LogP contribution in [0.2, 0.25) is 0 Å². The zero-order valence-electron chi connectivity index (χ0n) is 16.5. The largest absolute Gasteiger partial charge is 0.493 e. The number of nitrogens with zero attached hydrogens (tertiary/aromatic N) is 1. The lowest BCUT2D eigenvalue weighted by molar-refractivity contribution is -0.151. The van der Waals surface area contributed by atoms with Crippen LogP contribution in [0.1, 0.15) is 11.1 Å². The van der Waals surface area contributed by atoms with Crippen LogP contribution in [0.4, 0.5) is 0 Å². The van der Waals surface area contributed by atoms with Crippen molar-refractivity contribution in [3.8, 4) is 11.5 Å². The Balaban J connectivity index is 1.51. The van der Waals surface area contributed by atoms with Crippen molar-refractivity contribution >= 4 is 33.2 Å². The van der Waals surface area contributed by atoms with Gasteiger partial charge in [-0.3, -0.25) is 9.59 Å². The molecule has 2 heterocycles. The first kappa shape index (κ1) is 22.1.